The third-order valence-corrected chi connectivity index (χ3v) is 2.49. The van der Waals surface area contributed by atoms with Gasteiger partial charge in [-0.2, -0.15) is 0 Å². The van der Waals surface area contributed by atoms with E-state index in [4.69, 9.17) is 5.73 Å². The van der Waals surface area contributed by atoms with Gasteiger partial charge in [-0.05, 0) is 31.9 Å². The van der Waals surface area contributed by atoms with Crippen LogP contribution in [0.3, 0.4) is 0 Å². The smallest absolute Gasteiger partial charge is 0.294 e. The van der Waals surface area contributed by atoms with Crippen LogP contribution in [0.25, 0.3) is 0 Å². The standard InChI is InChI=1S/C10H15N3O3/c1-5-6(2)10(11)9(13(15)16)4-8(5)12-7(3)14/h4,7,12,14H,11H2,1-3H3. The number of benzene rings is 1. The molecule has 6 nitrogen and oxygen atoms in total. The fourth-order valence-electron chi connectivity index (χ4n) is 1.44. The topological polar surface area (TPSA) is 101 Å². The summed E-state index contributed by atoms with van der Waals surface area (Å²) in [4.78, 5) is 10.2. The van der Waals surface area contributed by atoms with E-state index in [1.54, 1.807) is 13.8 Å². The molecule has 0 aromatic heterocycles. The first kappa shape index (κ1) is 12.3. The second-order valence-electron chi connectivity index (χ2n) is 3.68. The number of hydrogen-bond donors (Lipinski definition) is 3. The summed E-state index contributed by atoms with van der Waals surface area (Å²) >= 11 is 0. The monoisotopic (exact) mass is 225 g/mol. The van der Waals surface area contributed by atoms with Gasteiger partial charge in [-0.25, -0.2) is 0 Å². The highest BCUT2D eigenvalue weighted by molar-refractivity contribution is 5.73. The van der Waals surface area contributed by atoms with Gasteiger partial charge in [0.2, 0.25) is 0 Å². The summed E-state index contributed by atoms with van der Waals surface area (Å²) in [5.41, 5.74) is 7.64. The van der Waals surface area contributed by atoms with Crippen molar-refractivity contribution in [3.63, 3.8) is 0 Å². The van der Waals surface area contributed by atoms with Crippen molar-refractivity contribution in [3.05, 3.63) is 27.3 Å². The minimum atomic E-state index is -0.777. The SMILES string of the molecule is Cc1c(NC(C)O)cc([N+](=O)[O-])c(N)c1C. The Morgan fingerprint density at radius 2 is 2.06 bits per heavy atom. The van der Waals surface area contributed by atoms with Crippen LogP contribution in [0.2, 0.25) is 0 Å². The molecule has 6 heteroatoms. The number of nitrogen functional groups attached to an aromatic ring is 1. The third kappa shape index (κ3) is 2.22. The van der Waals surface area contributed by atoms with E-state index < -0.39 is 11.2 Å². The molecule has 0 aliphatic rings. The molecule has 0 fully saturated rings. The van der Waals surface area contributed by atoms with Gasteiger partial charge in [0.1, 0.15) is 11.9 Å². The number of aliphatic hydroxyl groups excluding tert-OH is 1. The van der Waals surface area contributed by atoms with Gasteiger partial charge in [-0.3, -0.25) is 10.1 Å². The third-order valence-electron chi connectivity index (χ3n) is 2.49. The molecule has 4 N–H and O–H groups in total. The van der Waals surface area contributed by atoms with Crippen LogP contribution in [0.4, 0.5) is 17.1 Å². The Labute approximate surface area is 93.2 Å². The van der Waals surface area contributed by atoms with E-state index in [2.05, 4.69) is 5.32 Å². The Morgan fingerprint density at radius 3 is 2.50 bits per heavy atom. The largest absolute Gasteiger partial charge is 0.393 e. The lowest BCUT2D eigenvalue weighted by Crippen LogP contribution is -2.15. The van der Waals surface area contributed by atoms with Crippen molar-refractivity contribution in [2.75, 3.05) is 11.1 Å². The van der Waals surface area contributed by atoms with Crippen molar-refractivity contribution in [3.8, 4) is 0 Å². The predicted molar refractivity (Wildman–Crippen MR) is 62.3 cm³/mol. The maximum Gasteiger partial charge on any atom is 0.294 e. The molecule has 1 unspecified atom stereocenters. The maximum atomic E-state index is 10.8. The Kier molecular flexibility index (Phi) is 3.34. The van der Waals surface area contributed by atoms with E-state index in [-0.39, 0.29) is 11.4 Å². The Hall–Kier alpha value is -1.82. The number of nitro groups is 1. The molecule has 0 aliphatic carbocycles. The molecule has 16 heavy (non-hydrogen) atoms. The fourth-order valence-corrected chi connectivity index (χ4v) is 1.44. The van der Waals surface area contributed by atoms with Crippen LogP contribution < -0.4 is 11.1 Å². The van der Waals surface area contributed by atoms with Gasteiger partial charge in [0.05, 0.1) is 4.92 Å². The lowest BCUT2D eigenvalue weighted by Gasteiger charge is -2.15. The van der Waals surface area contributed by atoms with E-state index in [0.717, 1.165) is 5.56 Å². The molecule has 0 spiro atoms. The number of nitrogens with two attached hydrogens (primary N) is 1. The Morgan fingerprint density at radius 1 is 1.50 bits per heavy atom. The molecule has 88 valence electrons. The maximum absolute atomic E-state index is 10.8. The lowest BCUT2D eigenvalue weighted by atomic mass is 10.0. The molecule has 1 aromatic rings. The summed E-state index contributed by atoms with van der Waals surface area (Å²) in [6.45, 7) is 5.04. The average molecular weight is 225 g/mol. The van der Waals surface area contributed by atoms with Crippen molar-refractivity contribution in [2.45, 2.75) is 27.0 Å². The quantitative estimate of drug-likeness (QED) is 0.313. The predicted octanol–water partition coefficient (Wildman–Crippen LogP) is 1.54. The molecule has 1 atom stereocenters. The molecule has 0 heterocycles. The van der Waals surface area contributed by atoms with Crippen LogP contribution in [-0.4, -0.2) is 16.3 Å². The molecule has 0 saturated heterocycles. The van der Waals surface area contributed by atoms with Gasteiger partial charge >= 0.3 is 0 Å². The van der Waals surface area contributed by atoms with Crippen LogP contribution in [0.1, 0.15) is 18.1 Å². The number of nitro benzene ring substituents is 1. The highest BCUT2D eigenvalue weighted by atomic mass is 16.6. The molecule has 0 saturated carbocycles. The summed E-state index contributed by atoms with van der Waals surface area (Å²) in [6, 6.07) is 1.34. The molecule has 1 rings (SSSR count). The molecule has 0 aliphatic heterocycles. The normalized spacial score (nSPS) is 12.2. The van der Waals surface area contributed by atoms with Crippen LogP contribution in [0.15, 0.2) is 6.07 Å². The van der Waals surface area contributed by atoms with Gasteiger partial charge in [0.15, 0.2) is 0 Å². The van der Waals surface area contributed by atoms with Crippen molar-refractivity contribution < 1.29 is 10.0 Å². The summed E-state index contributed by atoms with van der Waals surface area (Å²) < 4.78 is 0. The van der Waals surface area contributed by atoms with Gasteiger partial charge in [0, 0.05) is 11.8 Å². The molecular weight excluding hydrogens is 210 g/mol. The Balaban J connectivity index is 3.35. The minimum Gasteiger partial charge on any atom is -0.393 e. The molecule has 1 aromatic carbocycles. The second-order valence-corrected chi connectivity index (χ2v) is 3.68. The first-order valence-corrected chi connectivity index (χ1v) is 4.83. The summed E-state index contributed by atoms with van der Waals surface area (Å²) in [5.74, 6) is 0. The van der Waals surface area contributed by atoms with Crippen LogP contribution in [0.5, 0.6) is 0 Å². The van der Waals surface area contributed by atoms with Crippen molar-refractivity contribution in [1.82, 2.24) is 0 Å². The van der Waals surface area contributed by atoms with Crippen LogP contribution >= 0.6 is 0 Å². The van der Waals surface area contributed by atoms with Crippen LogP contribution in [-0.2, 0) is 0 Å². The van der Waals surface area contributed by atoms with Crippen molar-refractivity contribution in [1.29, 1.82) is 0 Å². The summed E-state index contributed by atoms with van der Waals surface area (Å²) in [6.07, 6.45) is -0.777. The zero-order valence-corrected chi connectivity index (χ0v) is 9.44. The fraction of sp³-hybridized carbons (Fsp3) is 0.400. The summed E-state index contributed by atoms with van der Waals surface area (Å²) in [5, 5.41) is 22.7. The summed E-state index contributed by atoms with van der Waals surface area (Å²) in [7, 11) is 0. The number of anilines is 2. The lowest BCUT2D eigenvalue weighted by molar-refractivity contribution is -0.383. The van der Waals surface area contributed by atoms with Gasteiger partial charge < -0.3 is 16.2 Å². The van der Waals surface area contributed by atoms with Gasteiger partial charge in [-0.1, -0.05) is 0 Å². The molecule has 0 radical (unpaired) electrons. The van der Waals surface area contributed by atoms with E-state index in [1.807, 2.05) is 0 Å². The van der Waals surface area contributed by atoms with E-state index in [0.29, 0.717) is 11.3 Å². The van der Waals surface area contributed by atoms with Crippen molar-refractivity contribution >= 4 is 17.1 Å². The van der Waals surface area contributed by atoms with E-state index in [1.165, 1.54) is 13.0 Å². The highest BCUT2D eigenvalue weighted by Crippen LogP contribution is 2.33. The number of nitrogens with zero attached hydrogens (tertiary/aromatic N) is 1. The number of nitrogens with one attached hydrogen (secondary N) is 1. The highest BCUT2D eigenvalue weighted by Gasteiger charge is 2.18. The van der Waals surface area contributed by atoms with Crippen molar-refractivity contribution in [2.24, 2.45) is 0 Å². The molecule has 0 amide bonds. The first-order valence-electron chi connectivity index (χ1n) is 4.83. The van der Waals surface area contributed by atoms with Crippen LogP contribution in [0, 0.1) is 24.0 Å². The van der Waals surface area contributed by atoms with E-state index in [9.17, 15) is 15.2 Å². The average Bonchev–Trinajstić information content (AvgIpc) is 2.18. The number of rotatable bonds is 3. The zero-order valence-electron chi connectivity index (χ0n) is 9.44. The second kappa shape index (κ2) is 4.36. The van der Waals surface area contributed by atoms with Gasteiger partial charge in [0.25, 0.3) is 5.69 Å². The minimum absolute atomic E-state index is 0.147. The molecular formula is C10H15N3O3. The zero-order chi connectivity index (χ0) is 12.5. The number of hydrogen-bond acceptors (Lipinski definition) is 5. The van der Waals surface area contributed by atoms with E-state index >= 15 is 0 Å². The number of aliphatic hydroxyl groups is 1. The molecule has 0 bridgehead atoms. The first-order chi connectivity index (χ1) is 7.34. The Bertz CT molecular complexity index is 430. The van der Waals surface area contributed by atoms with Gasteiger partial charge in [-0.15, -0.1) is 0 Å².